The first-order valence-corrected chi connectivity index (χ1v) is 8.37. The zero-order valence-corrected chi connectivity index (χ0v) is 14.2. The minimum Gasteiger partial charge on any atom is -0.282 e. The monoisotopic (exact) mass is 331 g/mol. The molecule has 7 heteroatoms. The summed E-state index contributed by atoms with van der Waals surface area (Å²) in [6.45, 7) is 2.58. The number of thiophene rings is 1. The van der Waals surface area contributed by atoms with Crippen LogP contribution in [0.3, 0.4) is 0 Å². The zero-order chi connectivity index (χ0) is 16.6. The van der Waals surface area contributed by atoms with Crippen LogP contribution in [0.5, 0.6) is 0 Å². The molecule has 2 aliphatic rings. The van der Waals surface area contributed by atoms with Crippen molar-refractivity contribution in [2.24, 2.45) is 10.9 Å². The van der Waals surface area contributed by atoms with E-state index < -0.39 is 5.92 Å². The average Bonchev–Trinajstić information content (AvgIpc) is 3.08. The van der Waals surface area contributed by atoms with Gasteiger partial charge in [0.1, 0.15) is 0 Å². The Balaban J connectivity index is 2.02. The zero-order valence-electron chi connectivity index (χ0n) is 13.4. The van der Waals surface area contributed by atoms with Crippen LogP contribution in [-0.2, 0) is 11.3 Å². The van der Waals surface area contributed by atoms with E-state index in [2.05, 4.69) is 4.99 Å². The number of carbonyl (C=O) groups is 2. The van der Waals surface area contributed by atoms with Gasteiger partial charge < -0.3 is 0 Å². The third-order valence-corrected chi connectivity index (χ3v) is 5.01. The van der Waals surface area contributed by atoms with Gasteiger partial charge in [0.25, 0.3) is 11.7 Å². The maximum Gasteiger partial charge on any atom is 0.417 e. The number of hydrogen-bond acceptors (Lipinski definition) is 4. The summed E-state index contributed by atoms with van der Waals surface area (Å²) < 4.78 is 0. The molecular weight excluding hydrogens is 312 g/mol. The Morgan fingerprint density at radius 2 is 2.09 bits per heavy atom. The largest absolute Gasteiger partial charge is 0.417 e. The fraction of sp³-hybridized carbons (Fsp3) is 0.375. The van der Waals surface area contributed by atoms with E-state index in [1.54, 1.807) is 18.4 Å². The number of hydrogen-bond donors (Lipinski definition) is 1. The first-order valence-electron chi connectivity index (χ1n) is 7.49. The number of fused-ring (bicyclic) bond motifs is 1. The highest BCUT2D eigenvalue weighted by molar-refractivity contribution is 7.09. The van der Waals surface area contributed by atoms with E-state index in [1.807, 2.05) is 30.6 Å². The van der Waals surface area contributed by atoms with Crippen molar-refractivity contribution in [1.29, 1.82) is 0 Å². The number of carbonyl (C=O) groups excluding carboxylic acids is 2. The van der Waals surface area contributed by atoms with Crippen LogP contribution in [0.25, 0.3) is 0 Å². The Labute approximate surface area is 138 Å². The molecule has 6 nitrogen and oxygen atoms in total. The second-order valence-corrected chi connectivity index (χ2v) is 6.54. The summed E-state index contributed by atoms with van der Waals surface area (Å²) in [5.74, 6) is -0.192. The quantitative estimate of drug-likeness (QED) is 0.882. The van der Waals surface area contributed by atoms with Gasteiger partial charge in [-0.25, -0.2) is 14.7 Å². The number of aliphatic imine (C=N–C) groups is 1. The number of nitrogens with one attached hydrogen (secondary N) is 1. The van der Waals surface area contributed by atoms with Gasteiger partial charge in [0.2, 0.25) is 0 Å². The van der Waals surface area contributed by atoms with Gasteiger partial charge in [-0.15, -0.1) is 11.3 Å². The topological polar surface area (TPSA) is 67.0 Å². The van der Waals surface area contributed by atoms with Crippen molar-refractivity contribution in [2.75, 3.05) is 14.1 Å². The van der Waals surface area contributed by atoms with Crippen molar-refractivity contribution in [2.45, 2.75) is 19.9 Å². The second kappa shape index (κ2) is 6.08. The second-order valence-electron chi connectivity index (χ2n) is 5.51. The van der Waals surface area contributed by atoms with Crippen LogP contribution in [0.1, 0.15) is 18.2 Å². The molecule has 0 aliphatic carbocycles. The van der Waals surface area contributed by atoms with Crippen LogP contribution in [0.2, 0.25) is 0 Å². The highest BCUT2D eigenvalue weighted by atomic mass is 32.1. The van der Waals surface area contributed by atoms with Gasteiger partial charge >= 0.3 is 6.03 Å². The summed E-state index contributed by atoms with van der Waals surface area (Å²) in [6, 6.07) is 3.68. The molecular formula is C16H19N4O2S+. The minimum absolute atomic E-state index is 0.237. The lowest BCUT2D eigenvalue weighted by molar-refractivity contribution is -0.383. The summed E-state index contributed by atoms with van der Waals surface area (Å²) in [6.07, 6.45) is 2.62. The van der Waals surface area contributed by atoms with E-state index >= 15 is 0 Å². The number of nitrogens with zero attached hydrogens (tertiary/aromatic N) is 3. The first kappa shape index (κ1) is 15.6. The maximum absolute atomic E-state index is 12.7. The molecule has 1 atom stereocenters. The molecule has 1 N–H and O–H groups in total. The van der Waals surface area contributed by atoms with Crippen LogP contribution < -0.4 is 4.99 Å². The standard InChI is InChI=1S/C16H18N4O2S/c1-4-10-8-18-14-12(15(21)20(3)16(22)19(14)2)13(10)17-9-11-6-5-7-23-11/h5-8,12H,4,9H2,1-3H3/p+1. The molecule has 1 aromatic heterocycles. The Hall–Kier alpha value is -2.28. The SMILES string of the molecule is CCC1=C[NH+]=C2C(C(=O)N(C)C(=O)N2C)C1=NCc1cccs1. The van der Waals surface area contributed by atoms with Gasteiger partial charge in [-0.2, -0.15) is 4.90 Å². The van der Waals surface area contributed by atoms with Gasteiger partial charge in [-0.05, 0) is 17.9 Å². The van der Waals surface area contributed by atoms with Gasteiger partial charge in [0.05, 0.1) is 25.5 Å². The molecule has 0 aromatic carbocycles. The number of imide groups is 1. The van der Waals surface area contributed by atoms with E-state index in [4.69, 9.17) is 4.99 Å². The summed E-state index contributed by atoms with van der Waals surface area (Å²) in [4.78, 5) is 36.4. The normalized spacial score (nSPS) is 23.1. The molecule has 1 unspecified atom stereocenters. The van der Waals surface area contributed by atoms with E-state index in [0.717, 1.165) is 27.5 Å². The Kier molecular flexibility index (Phi) is 4.12. The van der Waals surface area contributed by atoms with Crippen LogP contribution in [0.4, 0.5) is 4.79 Å². The molecule has 1 saturated heterocycles. The summed E-state index contributed by atoms with van der Waals surface area (Å²) >= 11 is 1.64. The van der Waals surface area contributed by atoms with Crippen molar-refractivity contribution in [1.82, 2.24) is 9.80 Å². The lowest BCUT2D eigenvalue weighted by atomic mass is 9.89. The Morgan fingerprint density at radius 3 is 2.74 bits per heavy atom. The summed E-state index contributed by atoms with van der Waals surface area (Å²) in [7, 11) is 3.18. The first-order chi connectivity index (χ1) is 11.0. The van der Waals surface area contributed by atoms with E-state index in [-0.39, 0.29) is 11.9 Å². The molecule has 1 fully saturated rings. The third kappa shape index (κ3) is 2.61. The van der Waals surface area contributed by atoms with Crippen molar-refractivity contribution in [3.05, 3.63) is 34.2 Å². The average molecular weight is 331 g/mol. The van der Waals surface area contributed by atoms with E-state index in [0.29, 0.717) is 12.4 Å². The Morgan fingerprint density at radius 1 is 1.30 bits per heavy atom. The number of amides is 3. The molecule has 0 saturated carbocycles. The lowest BCUT2D eigenvalue weighted by Gasteiger charge is -2.32. The van der Waals surface area contributed by atoms with Gasteiger partial charge in [0.15, 0.2) is 5.92 Å². The predicted molar refractivity (Wildman–Crippen MR) is 89.2 cm³/mol. The van der Waals surface area contributed by atoms with Crippen LogP contribution in [0.15, 0.2) is 34.3 Å². The maximum atomic E-state index is 12.7. The molecule has 0 bridgehead atoms. The van der Waals surface area contributed by atoms with E-state index in [9.17, 15) is 9.59 Å². The molecule has 3 rings (SSSR count). The van der Waals surface area contributed by atoms with Crippen LogP contribution >= 0.6 is 11.3 Å². The third-order valence-electron chi connectivity index (χ3n) is 4.15. The van der Waals surface area contributed by atoms with Gasteiger partial charge in [-0.1, -0.05) is 13.0 Å². The van der Waals surface area contributed by atoms with Crippen LogP contribution in [0, 0.1) is 5.92 Å². The van der Waals surface area contributed by atoms with Crippen molar-refractivity contribution < 1.29 is 14.6 Å². The Bertz CT molecular complexity index is 733. The number of urea groups is 1. The number of allylic oxidation sites excluding steroid dienone is 1. The predicted octanol–water partition coefficient (Wildman–Crippen LogP) is 0.616. The molecule has 2 aliphatic heterocycles. The molecule has 0 spiro atoms. The highest BCUT2D eigenvalue weighted by Gasteiger charge is 2.50. The van der Waals surface area contributed by atoms with Crippen molar-refractivity contribution >= 4 is 34.8 Å². The summed E-state index contributed by atoms with van der Waals surface area (Å²) in [5.41, 5.74) is 1.76. The molecule has 3 amide bonds. The van der Waals surface area contributed by atoms with Crippen molar-refractivity contribution in [3.63, 3.8) is 0 Å². The van der Waals surface area contributed by atoms with Crippen LogP contribution in [-0.4, -0.2) is 47.4 Å². The number of amidine groups is 1. The fourth-order valence-electron chi connectivity index (χ4n) is 2.82. The minimum atomic E-state index is -0.539. The van der Waals surface area contributed by atoms with Crippen molar-refractivity contribution in [3.8, 4) is 0 Å². The molecule has 0 radical (unpaired) electrons. The number of rotatable bonds is 3. The molecule has 120 valence electrons. The molecule has 23 heavy (non-hydrogen) atoms. The smallest absolute Gasteiger partial charge is 0.282 e. The van der Waals surface area contributed by atoms with Gasteiger partial charge in [-0.3, -0.25) is 9.79 Å². The highest BCUT2D eigenvalue weighted by Crippen LogP contribution is 2.23. The fourth-order valence-corrected chi connectivity index (χ4v) is 3.44. The van der Waals surface area contributed by atoms with Gasteiger partial charge in [0, 0.05) is 17.5 Å². The molecule has 3 heterocycles. The summed E-state index contributed by atoms with van der Waals surface area (Å²) in [5, 5.41) is 2.01. The lowest BCUT2D eigenvalue weighted by Crippen LogP contribution is -2.80. The molecule has 1 aromatic rings. The van der Waals surface area contributed by atoms with E-state index in [1.165, 1.54) is 11.9 Å².